The van der Waals surface area contributed by atoms with Gasteiger partial charge < -0.3 is 5.73 Å². The van der Waals surface area contributed by atoms with Crippen molar-refractivity contribution in [2.45, 2.75) is 25.5 Å². The average Bonchev–Trinajstić information content (AvgIpc) is 1.99. The van der Waals surface area contributed by atoms with Crippen LogP contribution in [-0.4, -0.2) is 36.6 Å². The molecule has 0 spiro atoms. The van der Waals surface area contributed by atoms with Crippen molar-refractivity contribution in [3.05, 3.63) is 0 Å². The van der Waals surface area contributed by atoms with Gasteiger partial charge in [-0.05, 0) is 13.8 Å². The largest absolute Gasteiger partial charge is 0.393 e. The molecule has 0 bridgehead atoms. The summed E-state index contributed by atoms with van der Waals surface area (Å²) in [7, 11) is -1.62. The molecular formula is C7H16N2O2S2. The molecule has 0 radical (unpaired) electrons. The predicted molar refractivity (Wildman–Crippen MR) is 58.1 cm³/mol. The zero-order valence-corrected chi connectivity index (χ0v) is 9.78. The maximum atomic E-state index is 11.5. The minimum absolute atomic E-state index is 0.339. The number of nitrogens with zero attached hydrogens (tertiary/aromatic N) is 1. The van der Waals surface area contributed by atoms with Crippen molar-refractivity contribution in [2.24, 2.45) is 5.73 Å². The summed E-state index contributed by atoms with van der Waals surface area (Å²) in [5.41, 5.74) is 5.27. The van der Waals surface area contributed by atoms with Crippen molar-refractivity contribution >= 4 is 27.2 Å². The second-order valence-electron chi connectivity index (χ2n) is 3.13. The third-order valence-corrected chi connectivity index (χ3v) is 4.15. The van der Waals surface area contributed by atoms with Crippen LogP contribution in [0.1, 0.15) is 20.3 Å². The van der Waals surface area contributed by atoms with E-state index < -0.39 is 15.3 Å². The smallest absolute Gasteiger partial charge is 0.216 e. The lowest BCUT2D eigenvalue weighted by atomic mass is 10.4. The summed E-state index contributed by atoms with van der Waals surface area (Å²) >= 11 is 4.66. The van der Waals surface area contributed by atoms with Crippen molar-refractivity contribution in [3.8, 4) is 0 Å². The van der Waals surface area contributed by atoms with Crippen molar-refractivity contribution < 1.29 is 8.42 Å². The van der Waals surface area contributed by atoms with Crippen LogP contribution in [0.5, 0.6) is 0 Å². The molecular weight excluding hydrogens is 208 g/mol. The number of sulfonamides is 1. The Morgan fingerprint density at radius 1 is 1.54 bits per heavy atom. The van der Waals surface area contributed by atoms with Crippen molar-refractivity contribution in [2.75, 3.05) is 13.6 Å². The molecule has 0 aliphatic carbocycles. The molecule has 2 N–H and O–H groups in total. The Labute approximate surface area is 85.1 Å². The molecule has 0 heterocycles. The molecule has 0 saturated carbocycles. The van der Waals surface area contributed by atoms with E-state index in [0.717, 1.165) is 0 Å². The minimum atomic E-state index is -3.15. The van der Waals surface area contributed by atoms with Crippen LogP contribution in [0.15, 0.2) is 0 Å². The highest BCUT2D eigenvalue weighted by atomic mass is 32.2. The van der Waals surface area contributed by atoms with Crippen molar-refractivity contribution in [3.63, 3.8) is 0 Å². The van der Waals surface area contributed by atoms with Gasteiger partial charge in [0.25, 0.3) is 0 Å². The van der Waals surface area contributed by atoms with Crippen LogP contribution in [0.3, 0.4) is 0 Å². The standard InChI is InChI=1S/C7H16N2O2S2/c1-6(2)13(10,11)9(3)5-4-7(8)12/h6H,4-5H2,1-3H3,(H2,8,12). The zero-order chi connectivity index (χ0) is 10.6. The Bertz CT molecular complexity index is 272. The van der Waals surface area contributed by atoms with E-state index >= 15 is 0 Å². The maximum Gasteiger partial charge on any atom is 0.216 e. The number of rotatable bonds is 5. The summed E-state index contributed by atoms with van der Waals surface area (Å²) in [6, 6.07) is 0. The van der Waals surface area contributed by atoms with E-state index in [1.165, 1.54) is 11.4 Å². The molecule has 78 valence electrons. The average molecular weight is 224 g/mol. The Morgan fingerprint density at radius 3 is 2.31 bits per heavy atom. The SMILES string of the molecule is CC(C)S(=O)(=O)N(C)CCC(N)=S. The number of thiocarbonyl (C=S) groups is 1. The molecule has 0 unspecified atom stereocenters. The second kappa shape index (κ2) is 4.88. The van der Waals surface area contributed by atoms with E-state index in [0.29, 0.717) is 18.0 Å². The van der Waals surface area contributed by atoms with Gasteiger partial charge in [-0.1, -0.05) is 12.2 Å². The first-order valence-corrected chi connectivity index (χ1v) is 5.93. The quantitative estimate of drug-likeness (QED) is 0.684. The molecule has 0 amide bonds. The van der Waals surface area contributed by atoms with Gasteiger partial charge in [0.15, 0.2) is 0 Å². The summed E-state index contributed by atoms with van der Waals surface area (Å²) in [6.07, 6.45) is 0.428. The molecule has 0 aliphatic heterocycles. The van der Waals surface area contributed by atoms with E-state index in [1.807, 2.05) is 0 Å². The highest BCUT2D eigenvalue weighted by Crippen LogP contribution is 2.06. The first kappa shape index (κ1) is 12.8. The summed E-state index contributed by atoms with van der Waals surface area (Å²) in [6.45, 7) is 3.65. The Morgan fingerprint density at radius 2 is 2.00 bits per heavy atom. The number of nitrogens with two attached hydrogens (primary N) is 1. The fourth-order valence-corrected chi connectivity index (χ4v) is 1.91. The molecule has 0 aromatic carbocycles. The van der Waals surface area contributed by atoms with E-state index in [9.17, 15) is 8.42 Å². The molecule has 4 nitrogen and oxygen atoms in total. The molecule has 0 rings (SSSR count). The van der Waals surface area contributed by atoms with Crippen LogP contribution in [0.2, 0.25) is 0 Å². The molecule has 0 fully saturated rings. The summed E-state index contributed by atoms with van der Waals surface area (Å²) in [5.74, 6) is 0. The molecule has 13 heavy (non-hydrogen) atoms. The van der Waals surface area contributed by atoms with Gasteiger partial charge in [0.1, 0.15) is 0 Å². The number of hydrogen-bond acceptors (Lipinski definition) is 3. The number of hydrogen-bond donors (Lipinski definition) is 1. The maximum absolute atomic E-state index is 11.5. The van der Waals surface area contributed by atoms with E-state index in [2.05, 4.69) is 12.2 Å². The van der Waals surface area contributed by atoms with E-state index in [4.69, 9.17) is 5.73 Å². The summed E-state index contributed by atoms with van der Waals surface area (Å²) < 4.78 is 24.3. The van der Waals surface area contributed by atoms with Gasteiger partial charge in [0.05, 0.1) is 10.2 Å². The zero-order valence-electron chi connectivity index (χ0n) is 8.15. The van der Waals surface area contributed by atoms with Gasteiger partial charge in [-0.2, -0.15) is 0 Å². The van der Waals surface area contributed by atoms with Gasteiger partial charge in [0.2, 0.25) is 10.0 Å². The van der Waals surface area contributed by atoms with Gasteiger partial charge in [-0.15, -0.1) is 0 Å². The van der Waals surface area contributed by atoms with Crippen LogP contribution in [-0.2, 0) is 10.0 Å². The third kappa shape index (κ3) is 4.02. The third-order valence-electron chi connectivity index (χ3n) is 1.70. The summed E-state index contributed by atoms with van der Waals surface area (Å²) in [5, 5.41) is -0.399. The van der Waals surface area contributed by atoms with E-state index in [1.54, 1.807) is 13.8 Å². The fraction of sp³-hybridized carbons (Fsp3) is 0.857. The lowest BCUT2D eigenvalue weighted by Crippen LogP contribution is -2.35. The van der Waals surface area contributed by atoms with Gasteiger partial charge in [0, 0.05) is 20.0 Å². The lowest BCUT2D eigenvalue weighted by Gasteiger charge is -2.19. The van der Waals surface area contributed by atoms with Crippen molar-refractivity contribution in [1.29, 1.82) is 0 Å². The Hall–Kier alpha value is -0.200. The van der Waals surface area contributed by atoms with Crippen LogP contribution < -0.4 is 5.73 Å². The topological polar surface area (TPSA) is 63.4 Å². The molecule has 0 aromatic rings. The molecule has 0 saturated heterocycles. The lowest BCUT2D eigenvalue weighted by molar-refractivity contribution is 0.471. The molecule has 0 aliphatic rings. The normalized spacial score (nSPS) is 12.4. The molecule has 0 aromatic heterocycles. The highest BCUT2D eigenvalue weighted by molar-refractivity contribution is 7.89. The predicted octanol–water partition coefficient (Wildman–Crippen LogP) is 0.333. The monoisotopic (exact) mass is 224 g/mol. The van der Waals surface area contributed by atoms with Crippen LogP contribution >= 0.6 is 12.2 Å². The van der Waals surface area contributed by atoms with Crippen LogP contribution in [0.25, 0.3) is 0 Å². The summed E-state index contributed by atoms with van der Waals surface area (Å²) in [4.78, 5) is 0.339. The second-order valence-corrected chi connectivity index (χ2v) is 6.25. The van der Waals surface area contributed by atoms with Gasteiger partial charge in [-0.25, -0.2) is 12.7 Å². The fourth-order valence-electron chi connectivity index (χ4n) is 0.755. The van der Waals surface area contributed by atoms with Crippen LogP contribution in [0, 0.1) is 0 Å². The first-order chi connectivity index (χ1) is 5.78. The Balaban J connectivity index is 4.27. The van der Waals surface area contributed by atoms with Gasteiger partial charge >= 0.3 is 0 Å². The minimum Gasteiger partial charge on any atom is -0.393 e. The molecule has 0 atom stereocenters. The Kier molecular flexibility index (Phi) is 4.80. The first-order valence-electron chi connectivity index (χ1n) is 4.02. The van der Waals surface area contributed by atoms with Crippen molar-refractivity contribution in [1.82, 2.24) is 4.31 Å². The molecule has 6 heteroatoms. The van der Waals surface area contributed by atoms with Crippen LogP contribution in [0.4, 0.5) is 0 Å². The highest BCUT2D eigenvalue weighted by Gasteiger charge is 2.21. The van der Waals surface area contributed by atoms with Gasteiger partial charge in [-0.3, -0.25) is 0 Å². The van der Waals surface area contributed by atoms with E-state index in [-0.39, 0.29) is 0 Å².